The molecule has 2 N–H and O–H groups in total. The van der Waals surface area contributed by atoms with Gasteiger partial charge in [0.05, 0.1) is 19.9 Å². The molecule has 4 aliphatic rings. The lowest BCUT2D eigenvalue weighted by atomic mass is 9.54. The van der Waals surface area contributed by atoms with Crippen LogP contribution in [0.1, 0.15) is 48.2 Å². The molecule has 4 fully saturated rings. The van der Waals surface area contributed by atoms with Gasteiger partial charge in [-0.2, -0.15) is 5.10 Å². The van der Waals surface area contributed by atoms with Crippen LogP contribution in [0.5, 0.6) is 11.5 Å². The summed E-state index contributed by atoms with van der Waals surface area (Å²) in [4.78, 5) is 13.4. The molecule has 0 atom stereocenters. The number of rotatable bonds is 9. The first-order valence-corrected chi connectivity index (χ1v) is 14.4. The van der Waals surface area contributed by atoms with E-state index in [0.29, 0.717) is 40.5 Å². The van der Waals surface area contributed by atoms with Gasteiger partial charge in [0.25, 0.3) is 5.91 Å². The van der Waals surface area contributed by atoms with Gasteiger partial charge in [-0.15, -0.1) is 0 Å². The summed E-state index contributed by atoms with van der Waals surface area (Å²) in [6.45, 7) is 3.27. The zero-order valence-corrected chi connectivity index (χ0v) is 23.6. The van der Waals surface area contributed by atoms with Crippen molar-refractivity contribution in [2.75, 3.05) is 27.3 Å². The van der Waals surface area contributed by atoms with Gasteiger partial charge in [-0.1, -0.05) is 23.7 Å². The number of hydrogen-bond acceptors (Lipinski definition) is 5. The second-order valence-corrected chi connectivity index (χ2v) is 11.9. The molecular weight excluding hydrogens is 512 g/mol. The zero-order valence-electron chi connectivity index (χ0n) is 22.9. The highest BCUT2D eigenvalue weighted by molar-refractivity contribution is 6.30. The van der Waals surface area contributed by atoms with E-state index in [-0.39, 0.29) is 5.91 Å². The minimum atomic E-state index is -0.180. The maximum absolute atomic E-state index is 13.4. The third-order valence-corrected chi connectivity index (χ3v) is 9.34. The first-order chi connectivity index (χ1) is 18.9. The summed E-state index contributed by atoms with van der Waals surface area (Å²) >= 11 is 6.17. The van der Waals surface area contributed by atoms with Crippen LogP contribution in [0.25, 0.3) is 16.9 Å². The number of hydrogen-bond donors (Lipinski definition) is 2. The van der Waals surface area contributed by atoms with Crippen molar-refractivity contribution >= 4 is 17.5 Å². The van der Waals surface area contributed by atoms with Crippen molar-refractivity contribution in [2.24, 2.45) is 23.7 Å². The predicted octanol–water partition coefficient (Wildman–Crippen LogP) is 5.66. The normalized spacial score (nSPS) is 25.1. The average Bonchev–Trinajstić information content (AvgIpc) is 3.28. The summed E-state index contributed by atoms with van der Waals surface area (Å²) in [6.07, 6.45) is 7.00. The Bertz CT molecular complexity index is 1320. The van der Waals surface area contributed by atoms with Crippen molar-refractivity contribution in [2.45, 2.75) is 45.1 Å². The molecule has 1 amide bonds. The highest BCUT2D eigenvalue weighted by Crippen LogP contribution is 2.53. The summed E-state index contributed by atoms with van der Waals surface area (Å²) in [6, 6.07) is 13.7. The van der Waals surface area contributed by atoms with Gasteiger partial charge in [0.2, 0.25) is 0 Å². The first-order valence-electron chi connectivity index (χ1n) is 14.0. The number of ether oxygens (including phenoxy) is 2. The second kappa shape index (κ2) is 10.9. The molecule has 3 aromatic rings. The van der Waals surface area contributed by atoms with Crippen molar-refractivity contribution in [3.63, 3.8) is 0 Å². The molecule has 4 saturated carbocycles. The number of benzene rings is 2. The van der Waals surface area contributed by atoms with E-state index in [1.165, 1.54) is 32.1 Å². The Hall–Kier alpha value is -3.03. The predicted molar refractivity (Wildman–Crippen MR) is 153 cm³/mol. The molecule has 0 unspecified atom stereocenters. The molecule has 1 heterocycles. The summed E-state index contributed by atoms with van der Waals surface area (Å²) in [7, 11) is 3.23. The Balaban J connectivity index is 1.21. The van der Waals surface area contributed by atoms with E-state index >= 15 is 0 Å². The summed E-state index contributed by atoms with van der Waals surface area (Å²) < 4.78 is 12.8. The third-order valence-electron chi connectivity index (χ3n) is 9.09. The molecule has 206 valence electrons. The Labute approximate surface area is 235 Å². The summed E-state index contributed by atoms with van der Waals surface area (Å²) in [5.41, 5.74) is 3.62. The van der Waals surface area contributed by atoms with E-state index < -0.39 is 0 Å². The molecule has 0 saturated heterocycles. The second-order valence-electron chi connectivity index (χ2n) is 11.4. The zero-order chi connectivity index (χ0) is 27.1. The number of amides is 1. The van der Waals surface area contributed by atoms with E-state index in [2.05, 4.69) is 10.6 Å². The summed E-state index contributed by atoms with van der Waals surface area (Å²) in [5.74, 6) is 4.65. The third kappa shape index (κ3) is 5.03. The van der Waals surface area contributed by atoms with E-state index in [1.54, 1.807) is 18.9 Å². The number of nitrogens with one attached hydrogen (secondary N) is 2. The smallest absolute Gasteiger partial charge is 0.272 e. The lowest BCUT2D eigenvalue weighted by molar-refractivity contribution is -0.0133. The fourth-order valence-electron chi connectivity index (χ4n) is 7.55. The van der Waals surface area contributed by atoms with Crippen molar-refractivity contribution in [1.29, 1.82) is 0 Å². The molecule has 0 radical (unpaired) electrons. The van der Waals surface area contributed by atoms with Gasteiger partial charge in [0.15, 0.2) is 5.69 Å². The fourth-order valence-corrected chi connectivity index (χ4v) is 7.68. The fraction of sp³-hybridized carbons (Fsp3) is 0.484. The molecule has 1 aromatic heterocycles. The van der Waals surface area contributed by atoms with Crippen LogP contribution in [0.3, 0.4) is 0 Å². The molecule has 7 rings (SSSR count). The van der Waals surface area contributed by atoms with Gasteiger partial charge >= 0.3 is 0 Å². The highest BCUT2D eigenvalue weighted by Gasteiger charge is 2.47. The molecule has 0 spiro atoms. The van der Waals surface area contributed by atoms with E-state index in [4.69, 9.17) is 26.2 Å². The van der Waals surface area contributed by atoms with Crippen molar-refractivity contribution in [3.8, 4) is 28.4 Å². The van der Waals surface area contributed by atoms with Crippen LogP contribution in [0, 0.1) is 30.6 Å². The number of nitrogens with zero attached hydrogens (tertiary/aromatic N) is 2. The van der Waals surface area contributed by atoms with Gasteiger partial charge in [0, 0.05) is 41.3 Å². The van der Waals surface area contributed by atoms with Crippen LogP contribution in [0.15, 0.2) is 42.5 Å². The van der Waals surface area contributed by atoms with Crippen LogP contribution in [0.2, 0.25) is 5.02 Å². The molecule has 4 aliphatic carbocycles. The monoisotopic (exact) mass is 548 g/mol. The van der Waals surface area contributed by atoms with Gasteiger partial charge in [-0.05, 0) is 87.0 Å². The standard InChI is InChI=1S/C31H37ClN4O3/c1-18-28(31(37)34-11-10-33-29-22-13-19-12-20(15-22)16-23(29)14-19)35-36(30(18)21-4-6-24(32)7-5-21)26-9-8-25(38-2)17-27(26)39-3/h4-9,17,19-20,22-23,29,33H,10-16H2,1-3H3,(H,34,37)/t19-,20+,22-,23+,29?. The van der Waals surface area contributed by atoms with Crippen molar-refractivity contribution in [1.82, 2.24) is 20.4 Å². The van der Waals surface area contributed by atoms with E-state index in [9.17, 15) is 4.79 Å². The maximum Gasteiger partial charge on any atom is 0.272 e. The van der Waals surface area contributed by atoms with Crippen molar-refractivity contribution in [3.05, 3.63) is 58.7 Å². The SMILES string of the molecule is COc1ccc(-n2nc(C(=O)NCCNC3[C@H]4C[C@@H]5C[C@@H](C[C@H]3C5)C4)c(C)c2-c2ccc(Cl)cc2)c(OC)c1. The van der Waals surface area contributed by atoms with E-state index in [0.717, 1.165) is 47.0 Å². The molecule has 39 heavy (non-hydrogen) atoms. The summed E-state index contributed by atoms with van der Waals surface area (Å²) in [5, 5.41) is 12.4. The Morgan fingerprint density at radius 2 is 1.67 bits per heavy atom. The lowest BCUT2D eigenvalue weighted by Crippen LogP contribution is -2.55. The Kier molecular flexibility index (Phi) is 7.29. The number of carbonyl (C=O) groups excluding carboxylic acids is 1. The highest BCUT2D eigenvalue weighted by atomic mass is 35.5. The first kappa shape index (κ1) is 26.2. The van der Waals surface area contributed by atoms with E-state index in [1.807, 2.05) is 49.4 Å². The van der Waals surface area contributed by atoms with Crippen LogP contribution in [-0.2, 0) is 0 Å². The maximum atomic E-state index is 13.4. The molecule has 2 aromatic carbocycles. The average molecular weight is 549 g/mol. The molecule has 0 aliphatic heterocycles. The molecule has 4 bridgehead atoms. The van der Waals surface area contributed by atoms with Crippen LogP contribution in [-0.4, -0.2) is 49.0 Å². The molecular formula is C31H37ClN4O3. The number of carbonyl (C=O) groups is 1. The minimum Gasteiger partial charge on any atom is -0.497 e. The number of methoxy groups -OCH3 is 2. The largest absolute Gasteiger partial charge is 0.497 e. The van der Waals surface area contributed by atoms with Crippen LogP contribution in [0.4, 0.5) is 0 Å². The number of halogens is 1. The van der Waals surface area contributed by atoms with Gasteiger partial charge in [-0.25, -0.2) is 4.68 Å². The van der Waals surface area contributed by atoms with Crippen molar-refractivity contribution < 1.29 is 14.3 Å². The topological polar surface area (TPSA) is 77.4 Å². The Morgan fingerprint density at radius 1 is 0.974 bits per heavy atom. The van der Waals surface area contributed by atoms with Gasteiger partial charge in [-0.3, -0.25) is 4.79 Å². The number of aromatic nitrogens is 2. The quantitative estimate of drug-likeness (QED) is 0.337. The van der Waals surface area contributed by atoms with Gasteiger partial charge in [0.1, 0.15) is 17.2 Å². The molecule has 8 heteroatoms. The minimum absolute atomic E-state index is 0.180. The molecule has 7 nitrogen and oxygen atoms in total. The van der Waals surface area contributed by atoms with Crippen LogP contribution < -0.4 is 20.1 Å². The van der Waals surface area contributed by atoms with Crippen LogP contribution >= 0.6 is 11.6 Å². The van der Waals surface area contributed by atoms with Gasteiger partial charge < -0.3 is 20.1 Å². The lowest BCUT2D eigenvalue weighted by Gasteiger charge is -2.54. The Morgan fingerprint density at radius 3 is 2.31 bits per heavy atom.